The molecule has 30 heavy (non-hydrogen) atoms. The third-order valence-electron chi connectivity index (χ3n) is 5.22. The second kappa shape index (κ2) is 8.48. The van der Waals surface area contributed by atoms with Crippen molar-refractivity contribution in [3.63, 3.8) is 0 Å². The Kier molecular flexibility index (Phi) is 5.60. The van der Waals surface area contributed by atoms with Gasteiger partial charge in [-0.2, -0.15) is 5.10 Å². The molecule has 156 valence electrons. The van der Waals surface area contributed by atoms with Gasteiger partial charge in [0.15, 0.2) is 0 Å². The summed E-state index contributed by atoms with van der Waals surface area (Å²) in [6.45, 7) is 0.837. The van der Waals surface area contributed by atoms with E-state index in [1.807, 2.05) is 12.1 Å². The number of benzene rings is 1. The number of hydrogen-bond donors (Lipinski definition) is 1. The number of carbonyl (C=O) groups excluding carboxylic acids is 1. The second-order valence-corrected chi connectivity index (χ2v) is 7.21. The fourth-order valence-electron chi connectivity index (χ4n) is 3.66. The van der Waals surface area contributed by atoms with Gasteiger partial charge in [0.05, 0.1) is 19.2 Å². The maximum absolute atomic E-state index is 13.4. The largest absolute Gasteiger partial charge is 0.496 e. The average Bonchev–Trinajstić information content (AvgIpc) is 2.91. The van der Waals surface area contributed by atoms with Crippen LogP contribution in [-0.2, 0) is 19.5 Å². The lowest BCUT2D eigenvalue weighted by Gasteiger charge is -2.17. The minimum Gasteiger partial charge on any atom is -0.496 e. The zero-order valence-corrected chi connectivity index (χ0v) is 16.5. The molecule has 1 N–H and O–H groups in total. The van der Waals surface area contributed by atoms with Crippen molar-refractivity contribution in [1.82, 2.24) is 24.6 Å². The van der Waals surface area contributed by atoms with Crippen LogP contribution in [0.15, 0.2) is 47.5 Å². The molecule has 0 radical (unpaired) electrons. The highest BCUT2D eigenvalue weighted by Gasteiger charge is 2.23. The van der Waals surface area contributed by atoms with Crippen LogP contribution in [0, 0.1) is 5.82 Å². The van der Waals surface area contributed by atoms with Crippen LogP contribution in [0.25, 0.3) is 0 Å². The van der Waals surface area contributed by atoms with Crippen LogP contribution in [0.1, 0.15) is 34.6 Å². The number of fused-ring (bicyclic) bond motifs is 1. The molecule has 3 aromatic rings. The predicted molar refractivity (Wildman–Crippen MR) is 107 cm³/mol. The van der Waals surface area contributed by atoms with Crippen molar-refractivity contribution in [2.75, 3.05) is 7.11 Å². The predicted octanol–water partition coefficient (Wildman–Crippen LogP) is 1.77. The highest BCUT2D eigenvalue weighted by atomic mass is 19.1. The molecule has 1 unspecified atom stereocenters. The highest BCUT2D eigenvalue weighted by molar-refractivity contribution is 5.97. The molecule has 1 aliphatic heterocycles. The van der Waals surface area contributed by atoms with Gasteiger partial charge in [0, 0.05) is 37.5 Å². The lowest BCUT2D eigenvalue weighted by molar-refractivity contribution is 0.0929. The number of halogens is 1. The van der Waals surface area contributed by atoms with Crippen LogP contribution in [-0.4, -0.2) is 38.4 Å². The number of ether oxygens (including phenoxy) is 1. The van der Waals surface area contributed by atoms with Crippen molar-refractivity contribution in [3.05, 3.63) is 76.0 Å². The maximum atomic E-state index is 13.4. The summed E-state index contributed by atoms with van der Waals surface area (Å²) < 4.78 is 21.6. The summed E-state index contributed by atoms with van der Waals surface area (Å²) in [5.41, 5.74) is 1.02. The molecule has 1 atom stereocenters. The third kappa shape index (κ3) is 4.10. The molecule has 0 aliphatic carbocycles. The molecule has 9 heteroatoms. The number of carbonyl (C=O) groups is 1. The van der Waals surface area contributed by atoms with Crippen LogP contribution >= 0.6 is 0 Å². The summed E-state index contributed by atoms with van der Waals surface area (Å²) in [5.74, 6) is 0.101. The first-order chi connectivity index (χ1) is 14.5. The zero-order chi connectivity index (χ0) is 21.1. The van der Waals surface area contributed by atoms with Crippen molar-refractivity contribution >= 4 is 5.91 Å². The van der Waals surface area contributed by atoms with Gasteiger partial charge in [-0.1, -0.05) is 6.07 Å². The van der Waals surface area contributed by atoms with Crippen molar-refractivity contribution in [2.45, 2.75) is 38.4 Å². The first kappa shape index (κ1) is 19.8. The Morgan fingerprint density at radius 1 is 1.33 bits per heavy atom. The summed E-state index contributed by atoms with van der Waals surface area (Å²) in [6.07, 6.45) is 5.22. The van der Waals surface area contributed by atoms with Crippen molar-refractivity contribution in [1.29, 1.82) is 0 Å². The minimum absolute atomic E-state index is 0.125. The van der Waals surface area contributed by atoms with Gasteiger partial charge >= 0.3 is 5.69 Å². The van der Waals surface area contributed by atoms with Crippen molar-refractivity contribution < 1.29 is 13.9 Å². The molecule has 8 nitrogen and oxygen atoms in total. The molecule has 0 saturated heterocycles. The third-order valence-corrected chi connectivity index (χ3v) is 5.22. The second-order valence-electron chi connectivity index (χ2n) is 7.21. The quantitative estimate of drug-likeness (QED) is 0.691. The summed E-state index contributed by atoms with van der Waals surface area (Å²) in [6, 6.07) is 7.42. The Morgan fingerprint density at radius 3 is 2.97 bits per heavy atom. The highest BCUT2D eigenvalue weighted by Crippen LogP contribution is 2.20. The summed E-state index contributed by atoms with van der Waals surface area (Å²) in [4.78, 5) is 29.5. The number of hydrogen-bond acceptors (Lipinski definition) is 5. The molecule has 3 heterocycles. The lowest BCUT2D eigenvalue weighted by atomic mass is 10.1. The average molecular weight is 411 g/mol. The van der Waals surface area contributed by atoms with Gasteiger partial charge in [0.2, 0.25) is 0 Å². The van der Waals surface area contributed by atoms with Crippen LogP contribution < -0.4 is 15.7 Å². The van der Waals surface area contributed by atoms with Gasteiger partial charge in [0.25, 0.3) is 5.91 Å². The molecular formula is C21H22FN5O3. The summed E-state index contributed by atoms with van der Waals surface area (Å²) in [7, 11) is 1.40. The van der Waals surface area contributed by atoms with E-state index in [1.165, 1.54) is 30.0 Å². The number of methoxy groups -OCH3 is 1. The van der Waals surface area contributed by atoms with Gasteiger partial charge in [-0.3, -0.25) is 14.3 Å². The van der Waals surface area contributed by atoms with E-state index in [-0.39, 0.29) is 29.0 Å². The number of nitrogens with zero attached hydrogens (tertiary/aromatic N) is 4. The van der Waals surface area contributed by atoms with Crippen molar-refractivity contribution in [2.24, 2.45) is 0 Å². The number of amides is 1. The lowest BCUT2D eigenvalue weighted by Crippen LogP contribution is -2.36. The smallest absolute Gasteiger partial charge is 0.346 e. The van der Waals surface area contributed by atoms with Gasteiger partial charge in [-0.05, 0) is 36.6 Å². The first-order valence-corrected chi connectivity index (χ1v) is 9.75. The van der Waals surface area contributed by atoms with Crippen LogP contribution in [0.4, 0.5) is 4.39 Å². The maximum Gasteiger partial charge on any atom is 0.346 e. The Labute approximate surface area is 172 Å². The molecule has 0 saturated carbocycles. The Morgan fingerprint density at radius 2 is 2.20 bits per heavy atom. The van der Waals surface area contributed by atoms with E-state index < -0.39 is 5.82 Å². The summed E-state index contributed by atoms with van der Waals surface area (Å²) >= 11 is 0. The topological polar surface area (TPSA) is 91.0 Å². The first-order valence-electron chi connectivity index (χ1n) is 9.75. The molecule has 4 rings (SSSR count). The Balaban J connectivity index is 1.44. The van der Waals surface area contributed by atoms with E-state index in [4.69, 9.17) is 4.74 Å². The van der Waals surface area contributed by atoms with E-state index in [1.54, 1.807) is 17.0 Å². The van der Waals surface area contributed by atoms with Crippen molar-refractivity contribution in [3.8, 4) is 5.75 Å². The van der Waals surface area contributed by atoms with E-state index >= 15 is 0 Å². The SMILES string of the molecule is COc1cc(F)ccc1C(=O)NC1CCc2nn(Cc3cccnc3)c(=O)n2CC1. The molecule has 1 aliphatic rings. The van der Waals surface area contributed by atoms with Gasteiger partial charge in [-0.15, -0.1) is 0 Å². The van der Waals surface area contributed by atoms with Gasteiger partial charge in [-0.25, -0.2) is 13.9 Å². The molecule has 2 aromatic heterocycles. The number of nitrogens with one attached hydrogen (secondary N) is 1. The Hall–Kier alpha value is -3.49. The molecule has 1 aromatic carbocycles. The van der Waals surface area contributed by atoms with E-state index in [2.05, 4.69) is 15.4 Å². The van der Waals surface area contributed by atoms with Gasteiger partial charge < -0.3 is 10.1 Å². The molecule has 1 amide bonds. The number of aromatic nitrogens is 4. The van der Waals surface area contributed by atoms with E-state index in [9.17, 15) is 14.0 Å². The standard InChI is InChI=1S/C21H22FN5O3/c1-30-18-11-15(22)4-6-17(18)20(28)24-16-5-7-19-25-27(21(29)26(19)10-8-16)13-14-3-2-9-23-12-14/h2-4,6,9,11-12,16H,5,7-8,10,13H2,1H3,(H,24,28). The summed E-state index contributed by atoms with van der Waals surface area (Å²) in [5, 5.41) is 7.45. The molecule has 0 fully saturated rings. The monoisotopic (exact) mass is 411 g/mol. The van der Waals surface area contributed by atoms with Gasteiger partial charge in [0.1, 0.15) is 17.4 Å². The fourth-order valence-corrected chi connectivity index (χ4v) is 3.66. The Bertz CT molecular complexity index is 1110. The fraction of sp³-hybridized carbons (Fsp3) is 0.333. The molecular weight excluding hydrogens is 389 g/mol. The number of rotatable bonds is 5. The van der Waals surface area contributed by atoms with E-state index in [0.29, 0.717) is 38.2 Å². The van der Waals surface area contributed by atoms with Crippen LogP contribution in [0.5, 0.6) is 5.75 Å². The number of aryl methyl sites for hydroxylation is 1. The number of pyridine rings is 1. The normalized spacial score (nSPS) is 15.9. The van der Waals surface area contributed by atoms with Crippen LogP contribution in [0.3, 0.4) is 0 Å². The van der Waals surface area contributed by atoms with Crippen LogP contribution in [0.2, 0.25) is 0 Å². The zero-order valence-electron chi connectivity index (χ0n) is 16.5. The molecule has 0 bridgehead atoms. The van der Waals surface area contributed by atoms with E-state index in [0.717, 1.165) is 5.56 Å². The minimum atomic E-state index is -0.467. The molecule has 0 spiro atoms.